The number of pyridine rings is 1. The van der Waals surface area contributed by atoms with Gasteiger partial charge in [0.1, 0.15) is 23.6 Å². The molecule has 0 aromatic carbocycles. The van der Waals surface area contributed by atoms with Crippen LogP contribution in [-0.4, -0.2) is 116 Å². The smallest absolute Gasteiger partial charge is 0.163 e. The molecule has 0 aliphatic heterocycles. The fourth-order valence-electron chi connectivity index (χ4n) is 5.06. The second-order valence-electron chi connectivity index (χ2n) is 11.1. The Morgan fingerprint density at radius 1 is 0.837 bits per heavy atom. The zero-order chi connectivity index (χ0) is 34.4. The minimum Gasteiger partial charge on any atom is -0.383 e. The molecule has 0 fully saturated rings. The Morgan fingerprint density at radius 2 is 1.49 bits per heavy atom. The van der Waals surface area contributed by atoms with Gasteiger partial charge in [0.15, 0.2) is 5.65 Å². The molecule has 0 atom stereocenters. The van der Waals surface area contributed by atoms with Crippen molar-refractivity contribution in [3.8, 4) is 11.3 Å². The van der Waals surface area contributed by atoms with Crippen molar-refractivity contribution in [2.45, 2.75) is 45.1 Å². The number of nitrogen functional groups attached to an aromatic ring is 1. The Labute approximate surface area is 285 Å². The third-order valence-electron chi connectivity index (χ3n) is 7.55. The lowest BCUT2D eigenvalue weighted by Gasteiger charge is -2.08. The molecule has 16 heteroatoms. The number of rotatable bonds is 28. The minimum atomic E-state index is 0.196. The summed E-state index contributed by atoms with van der Waals surface area (Å²) in [4.78, 5) is 28.2. The van der Waals surface area contributed by atoms with Gasteiger partial charge < -0.3 is 34.2 Å². The first-order valence-corrected chi connectivity index (χ1v) is 16.8. The molecule has 1 aliphatic carbocycles. The van der Waals surface area contributed by atoms with Crippen molar-refractivity contribution in [1.29, 1.82) is 0 Å². The van der Waals surface area contributed by atoms with Crippen molar-refractivity contribution in [3.05, 3.63) is 46.4 Å². The Balaban J connectivity index is 0.953. The average molecular weight is 682 g/mol. The van der Waals surface area contributed by atoms with Gasteiger partial charge in [0.05, 0.1) is 90.4 Å². The van der Waals surface area contributed by atoms with Crippen LogP contribution < -0.4 is 5.73 Å². The number of Topliss-reactive ketones (excluding diaryl/α,β-unsaturated/α-hetero) is 1. The number of hydrogen-bond acceptors (Lipinski definition) is 13. The van der Waals surface area contributed by atoms with Gasteiger partial charge in [0, 0.05) is 49.0 Å². The van der Waals surface area contributed by atoms with E-state index in [4.69, 9.17) is 44.8 Å². The largest absolute Gasteiger partial charge is 0.383 e. The van der Waals surface area contributed by atoms with Crippen molar-refractivity contribution >= 4 is 28.7 Å². The van der Waals surface area contributed by atoms with E-state index in [1.54, 1.807) is 0 Å². The summed E-state index contributed by atoms with van der Waals surface area (Å²) in [6, 6.07) is 2.09. The number of fused-ring (bicyclic) bond motifs is 2. The lowest BCUT2D eigenvalue weighted by atomic mass is 10.1. The molecule has 3 aromatic rings. The Morgan fingerprint density at radius 3 is 2.16 bits per heavy atom. The second-order valence-corrected chi connectivity index (χ2v) is 11.1. The Bertz CT molecular complexity index is 1510. The molecule has 4 rings (SSSR count). The number of aryl methyl sites for hydroxylation is 1. The van der Waals surface area contributed by atoms with E-state index < -0.39 is 0 Å². The number of ether oxygens (including phenoxy) is 6. The monoisotopic (exact) mass is 681 g/mol. The van der Waals surface area contributed by atoms with Crippen LogP contribution in [0.3, 0.4) is 0 Å². The van der Waals surface area contributed by atoms with Crippen molar-refractivity contribution in [2.75, 3.05) is 91.6 Å². The van der Waals surface area contributed by atoms with Crippen LogP contribution in [0.5, 0.6) is 0 Å². The van der Waals surface area contributed by atoms with Crippen molar-refractivity contribution < 1.29 is 33.2 Å². The van der Waals surface area contributed by atoms with Crippen molar-refractivity contribution in [1.82, 2.24) is 24.7 Å². The predicted molar refractivity (Wildman–Crippen MR) is 183 cm³/mol. The number of unbranched alkanes of at least 4 members (excludes halogenated alkanes) is 2. The molecule has 0 saturated carbocycles. The molecule has 3 aromatic heterocycles. The van der Waals surface area contributed by atoms with Gasteiger partial charge in [-0.25, -0.2) is 14.6 Å². The third-order valence-corrected chi connectivity index (χ3v) is 7.55. The number of azide groups is 1. The maximum Gasteiger partial charge on any atom is 0.163 e. The highest BCUT2D eigenvalue weighted by atomic mass is 16.6. The first-order valence-electron chi connectivity index (χ1n) is 16.8. The Kier molecular flexibility index (Phi) is 17.4. The van der Waals surface area contributed by atoms with Gasteiger partial charge in [-0.1, -0.05) is 23.7 Å². The lowest BCUT2D eigenvalue weighted by molar-refractivity contribution is -0.120. The van der Waals surface area contributed by atoms with Crippen molar-refractivity contribution in [3.63, 3.8) is 0 Å². The van der Waals surface area contributed by atoms with Crippen LogP contribution in [0.2, 0.25) is 0 Å². The molecule has 2 N–H and O–H groups in total. The number of carbonyl (C=O) groups is 1. The zero-order valence-corrected chi connectivity index (χ0v) is 28.0. The molecule has 0 saturated heterocycles. The van der Waals surface area contributed by atoms with Crippen LogP contribution in [0, 0.1) is 0 Å². The first kappa shape index (κ1) is 37.8. The molecule has 49 heavy (non-hydrogen) atoms. The van der Waals surface area contributed by atoms with E-state index in [0.717, 1.165) is 53.6 Å². The fourth-order valence-corrected chi connectivity index (χ4v) is 5.06. The second kappa shape index (κ2) is 22.6. The van der Waals surface area contributed by atoms with E-state index in [1.807, 2.05) is 10.9 Å². The number of ketones is 1. The van der Waals surface area contributed by atoms with Gasteiger partial charge in [0.25, 0.3) is 0 Å². The van der Waals surface area contributed by atoms with Gasteiger partial charge >= 0.3 is 0 Å². The van der Waals surface area contributed by atoms with E-state index in [1.165, 1.54) is 6.33 Å². The van der Waals surface area contributed by atoms with Crippen LogP contribution in [-0.2, 0) is 46.2 Å². The summed E-state index contributed by atoms with van der Waals surface area (Å²) in [5, 5.41) is 8.96. The number of anilines is 1. The molecule has 266 valence electrons. The van der Waals surface area contributed by atoms with E-state index in [0.29, 0.717) is 117 Å². The average Bonchev–Trinajstić information content (AvgIpc) is 3.74. The van der Waals surface area contributed by atoms with Crippen LogP contribution in [0.15, 0.2) is 29.8 Å². The topological polar surface area (TPSA) is 204 Å². The van der Waals surface area contributed by atoms with E-state index in [2.05, 4.69) is 43.2 Å². The molecular formula is C33H47N9O7. The first-order chi connectivity index (χ1) is 24.2. The zero-order valence-electron chi connectivity index (χ0n) is 28.0. The summed E-state index contributed by atoms with van der Waals surface area (Å²) in [6.07, 6.45) is 11.8. The quantitative estimate of drug-likeness (QED) is 0.0500. The van der Waals surface area contributed by atoms with Crippen LogP contribution in [0.4, 0.5) is 5.82 Å². The number of allylic oxidation sites excluding steroid dienone is 1. The third kappa shape index (κ3) is 13.4. The summed E-state index contributed by atoms with van der Waals surface area (Å²) >= 11 is 0. The highest BCUT2D eigenvalue weighted by molar-refractivity contribution is 5.98. The number of hydrogen-bond donors (Lipinski definition) is 1. The SMILES string of the molecule is [N-]=[N+]=NCCOCCOCCOCCOCCOCCOCCC(=O)CCCCCn1nc(-c2cnc3c(c2)C=CC3)c2c(N)ncnc21. The van der Waals surface area contributed by atoms with Gasteiger partial charge in [-0.15, -0.1) is 0 Å². The van der Waals surface area contributed by atoms with Gasteiger partial charge in [-0.2, -0.15) is 5.10 Å². The fraction of sp³-hybridized carbons (Fsp3) is 0.606. The van der Waals surface area contributed by atoms with Gasteiger partial charge in [-0.3, -0.25) is 9.78 Å². The maximum atomic E-state index is 12.3. The number of carbonyl (C=O) groups excluding carboxylic acids is 1. The minimum absolute atomic E-state index is 0.196. The molecular weight excluding hydrogens is 634 g/mol. The van der Waals surface area contributed by atoms with Crippen LogP contribution in [0.1, 0.15) is 43.4 Å². The molecule has 16 nitrogen and oxygen atoms in total. The van der Waals surface area contributed by atoms with E-state index in [9.17, 15) is 4.79 Å². The maximum absolute atomic E-state index is 12.3. The molecule has 0 unspecified atom stereocenters. The standard InChI is InChI=1S/C33H47N9O7/c34-32-30-31(27-23-26-5-4-7-29(26)36-24-27)40-42(33(30)38-25-37-32)10-3-1-2-6-28(43)8-11-44-13-15-46-17-19-48-21-22-49-20-18-47-16-14-45-12-9-39-41-35/h4-5,23-25H,1-3,6-22H2,(H2,34,37,38). The molecule has 3 heterocycles. The van der Waals surface area contributed by atoms with Gasteiger partial charge in [-0.05, 0) is 30.0 Å². The molecule has 0 amide bonds. The summed E-state index contributed by atoms with van der Waals surface area (Å²) in [6.45, 7) is 6.37. The predicted octanol–water partition coefficient (Wildman–Crippen LogP) is 3.97. The van der Waals surface area contributed by atoms with E-state index >= 15 is 0 Å². The van der Waals surface area contributed by atoms with Crippen molar-refractivity contribution in [2.24, 2.45) is 5.11 Å². The normalized spacial score (nSPS) is 12.1. The molecule has 0 bridgehead atoms. The Hall–Kier alpha value is -4.02. The highest BCUT2D eigenvalue weighted by Gasteiger charge is 2.19. The summed E-state index contributed by atoms with van der Waals surface area (Å²) in [7, 11) is 0. The summed E-state index contributed by atoms with van der Waals surface area (Å²) in [5.74, 6) is 0.592. The van der Waals surface area contributed by atoms with Gasteiger partial charge in [0.2, 0.25) is 0 Å². The number of aromatic nitrogens is 5. The molecule has 0 radical (unpaired) electrons. The van der Waals surface area contributed by atoms with Crippen LogP contribution in [0.25, 0.3) is 38.8 Å². The highest BCUT2D eigenvalue weighted by Crippen LogP contribution is 2.32. The molecule has 1 aliphatic rings. The number of nitrogens with two attached hydrogens (primary N) is 1. The van der Waals surface area contributed by atoms with E-state index in [-0.39, 0.29) is 5.78 Å². The summed E-state index contributed by atoms with van der Waals surface area (Å²) < 4.78 is 34.4. The lowest BCUT2D eigenvalue weighted by Crippen LogP contribution is -2.14. The summed E-state index contributed by atoms with van der Waals surface area (Å²) in [5.41, 5.74) is 18.9. The molecule has 0 spiro atoms. The van der Waals surface area contributed by atoms with Crippen LogP contribution >= 0.6 is 0 Å². The number of nitrogens with zero attached hydrogens (tertiary/aromatic N) is 8.